The van der Waals surface area contributed by atoms with E-state index in [0.29, 0.717) is 10.6 Å². The molecule has 0 aliphatic carbocycles. The minimum atomic E-state index is -0.374. The molecule has 0 aromatic heterocycles. The molecule has 64 valence electrons. The second-order valence-corrected chi connectivity index (χ2v) is 2.52. The Kier molecular flexibility index (Phi) is 3.05. The summed E-state index contributed by atoms with van der Waals surface area (Å²) in [5.74, 6) is -0.374. The first-order valence-electron chi connectivity index (χ1n) is 3.39. The molecule has 0 aliphatic heterocycles. The number of hydrazone groups is 1. The van der Waals surface area contributed by atoms with Crippen LogP contribution in [0.15, 0.2) is 23.3 Å². The van der Waals surface area contributed by atoms with E-state index in [0.717, 1.165) is 0 Å². The largest absolute Gasteiger partial charge is 0.313 e. The lowest BCUT2D eigenvalue weighted by Gasteiger charge is -1.97. The molecular weight excluding hydrogens is 179 g/mol. The van der Waals surface area contributed by atoms with E-state index >= 15 is 0 Å². The zero-order valence-corrected chi connectivity index (χ0v) is 7.27. The minimum absolute atomic E-state index is 0.300. The molecule has 0 unspecified atom stereocenters. The van der Waals surface area contributed by atoms with Crippen LogP contribution in [0.2, 0.25) is 5.02 Å². The van der Waals surface area contributed by atoms with Gasteiger partial charge in [0.1, 0.15) is 5.82 Å². The van der Waals surface area contributed by atoms with Crippen LogP contribution in [-0.2, 0) is 0 Å². The van der Waals surface area contributed by atoms with Gasteiger partial charge in [-0.1, -0.05) is 17.7 Å². The van der Waals surface area contributed by atoms with Gasteiger partial charge in [0.15, 0.2) is 0 Å². The van der Waals surface area contributed by atoms with Gasteiger partial charge in [0, 0.05) is 12.6 Å². The fourth-order valence-corrected chi connectivity index (χ4v) is 0.975. The highest BCUT2D eigenvalue weighted by atomic mass is 35.5. The van der Waals surface area contributed by atoms with Crippen molar-refractivity contribution in [3.63, 3.8) is 0 Å². The van der Waals surface area contributed by atoms with Crippen molar-refractivity contribution < 1.29 is 4.39 Å². The molecule has 0 atom stereocenters. The van der Waals surface area contributed by atoms with Crippen molar-refractivity contribution in [2.45, 2.75) is 0 Å². The predicted octanol–water partition coefficient (Wildman–Crippen LogP) is 2.03. The highest BCUT2D eigenvalue weighted by Crippen LogP contribution is 2.16. The standard InChI is InChI=1S/C8H8ClFN2/c1-11-12-5-6-7(9)3-2-4-8(6)10/h2-5,11H,1H3. The van der Waals surface area contributed by atoms with Crippen molar-refractivity contribution in [2.24, 2.45) is 5.10 Å². The van der Waals surface area contributed by atoms with E-state index < -0.39 is 0 Å². The van der Waals surface area contributed by atoms with Crippen LogP contribution in [0.1, 0.15) is 5.56 Å². The number of halogens is 2. The molecule has 12 heavy (non-hydrogen) atoms. The van der Waals surface area contributed by atoms with Gasteiger partial charge in [-0.25, -0.2) is 4.39 Å². The summed E-state index contributed by atoms with van der Waals surface area (Å²) in [5.41, 5.74) is 2.81. The topological polar surface area (TPSA) is 24.4 Å². The molecule has 0 fully saturated rings. The lowest BCUT2D eigenvalue weighted by molar-refractivity contribution is 0.626. The van der Waals surface area contributed by atoms with Gasteiger partial charge in [0.2, 0.25) is 0 Å². The summed E-state index contributed by atoms with van der Waals surface area (Å²) in [4.78, 5) is 0. The summed E-state index contributed by atoms with van der Waals surface area (Å²) in [6, 6.07) is 4.50. The summed E-state index contributed by atoms with van der Waals surface area (Å²) in [5, 5.41) is 4.02. The van der Waals surface area contributed by atoms with Crippen molar-refractivity contribution >= 4 is 17.8 Å². The highest BCUT2D eigenvalue weighted by molar-refractivity contribution is 6.33. The third kappa shape index (κ3) is 1.95. The predicted molar refractivity (Wildman–Crippen MR) is 48.1 cm³/mol. The number of rotatable bonds is 2. The second-order valence-electron chi connectivity index (χ2n) is 2.12. The smallest absolute Gasteiger partial charge is 0.133 e. The molecule has 0 saturated carbocycles. The SMILES string of the molecule is CNN=Cc1c(F)cccc1Cl. The molecule has 0 spiro atoms. The maximum Gasteiger partial charge on any atom is 0.133 e. The molecule has 2 nitrogen and oxygen atoms in total. The summed E-state index contributed by atoms with van der Waals surface area (Å²) in [7, 11) is 1.63. The maximum absolute atomic E-state index is 13.0. The molecule has 0 heterocycles. The Morgan fingerprint density at radius 1 is 1.58 bits per heavy atom. The lowest BCUT2D eigenvalue weighted by atomic mass is 10.2. The van der Waals surface area contributed by atoms with Crippen LogP contribution in [-0.4, -0.2) is 13.3 Å². The van der Waals surface area contributed by atoms with Crippen LogP contribution in [0.4, 0.5) is 4.39 Å². The molecule has 0 saturated heterocycles. The van der Waals surface area contributed by atoms with Crippen molar-refractivity contribution in [2.75, 3.05) is 7.05 Å². The Morgan fingerprint density at radius 3 is 2.92 bits per heavy atom. The molecule has 1 N–H and O–H groups in total. The number of nitrogens with one attached hydrogen (secondary N) is 1. The molecule has 0 bridgehead atoms. The first kappa shape index (κ1) is 9.00. The van der Waals surface area contributed by atoms with Crippen molar-refractivity contribution in [3.05, 3.63) is 34.6 Å². The van der Waals surface area contributed by atoms with Crippen LogP contribution in [0, 0.1) is 5.82 Å². The highest BCUT2D eigenvalue weighted by Gasteiger charge is 2.02. The van der Waals surface area contributed by atoms with Gasteiger partial charge < -0.3 is 5.43 Å². The Labute approximate surface area is 75.0 Å². The number of nitrogens with zero attached hydrogens (tertiary/aromatic N) is 1. The fraction of sp³-hybridized carbons (Fsp3) is 0.125. The molecular formula is C8H8ClFN2. The van der Waals surface area contributed by atoms with Gasteiger partial charge in [-0.2, -0.15) is 5.10 Å². The number of hydrogen-bond acceptors (Lipinski definition) is 2. The quantitative estimate of drug-likeness (QED) is 0.555. The van der Waals surface area contributed by atoms with Crippen molar-refractivity contribution in [1.82, 2.24) is 5.43 Å². The van der Waals surface area contributed by atoms with Crippen LogP contribution >= 0.6 is 11.6 Å². The van der Waals surface area contributed by atoms with Crippen LogP contribution in [0.3, 0.4) is 0 Å². The summed E-state index contributed by atoms with van der Waals surface area (Å²) >= 11 is 5.71. The van der Waals surface area contributed by atoms with E-state index in [1.54, 1.807) is 19.2 Å². The Hall–Kier alpha value is -1.09. The maximum atomic E-state index is 13.0. The molecule has 0 amide bonds. The average molecular weight is 187 g/mol. The minimum Gasteiger partial charge on any atom is -0.313 e. The normalized spacial score (nSPS) is 10.6. The Balaban J connectivity index is 3.04. The van der Waals surface area contributed by atoms with Gasteiger partial charge in [0.05, 0.1) is 11.2 Å². The van der Waals surface area contributed by atoms with Crippen LogP contribution in [0.25, 0.3) is 0 Å². The second kappa shape index (κ2) is 4.07. The van der Waals surface area contributed by atoms with Crippen molar-refractivity contribution in [3.8, 4) is 0 Å². The fourth-order valence-electron chi connectivity index (χ4n) is 0.763. The number of benzene rings is 1. The molecule has 4 heteroatoms. The van der Waals surface area contributed by atoms with Crippen LogP contribution in [0.5, 0.6) is 0 Å². The first-order valence-corrected chi connectivity index (χ1v) is 3.77. The van der Waals surface area contributed by atoms with Gasteiger partial charge in [0.25, 0.3) is 0 Å². The first-order chi connectivity index (χ1) is 5.75. The third-order valence-electron chi connectivity index (χ3n) is 1.32. The van der Waals surface area contributed by atoms with E-state index in [1.807, 2.05) is 0 Å². The molecule has 0 radical (unpaired) electrons. The lowest BCUT2D eigenvalue weighted by Crippen LogP contribution is -1.97. The van der Waals surface area contributed by atoms with Gasteiger partial charge in [-0.15, -0.1) is 0 Å². The van der Waals surface area contributed by atoms with Crippen LogP contribution < -0.4 is 5.43 Å². The van der Waals surface area contributed by atoms with E-state index in [4.69, 9.17) is 11.6 Å². The Bertz CT molecular complexity index is 279. The molecule has 1 aromatic carbocycles. The van der Waals surface area contributed by atoms with Gasteiger partial charge in [-0.05, 0) is 12.1 Å². The van der Waals surface area contributed by atoms with E-state index in [-0.39, 0.29) is 5.82 Å². The van der Waals surface area contributed by atoms with Gasteiger partial charge in [-0.3, -0.25) is 0 Å². The van der Waals surface area contributed by atoms with E-state index in [9.17, 15) is 4.39 Å². The summed E-state index contributed by atoms with van der Waals surface area (Å²) in [6.45, 7) is 0. The van der Waals surface area contributed by atoms with Crippen molar-refractivity contribution in [1.29, 1.82) is 0 Å². The zero-order valence-electron chi connectivity index (χ0n) is 6.51. The average Bonchev–Trinajstić information content (AvgIpc) is 2.04. The monoisotopic (exact) mass is 186 g/mol. The number of hydrogen-bond donors (Lipinski definition) is 1. The molecule has 1 aromatic rings. The zero-order chi connectivity index (χ0) is 8.97. The summed E-state index contributed by atoms with van der Waals surface area (Å²) in [6.07, 6.45) is 1.34. The molecule has 1 rings (SSSR count). The van der Waals surface area contributed by atoms with E-state index in [2.05, 4.69) is 10.5 Å². The van der Waals surface area contributed by atoms with Gasteiger partial charge >= 0.3 is 0 Å². The summed E-state index contributed by atoms with van der Waals surface area (Å²) < 4.78 is 13.0. The third-order valence-corrected chi connectivity index (χ3v) is 1.65. The Morgan fingerprint density at radius 2 is 2.33 bits per heavy atom. The molecule has 0 aliphatic rings. The van der Waals surface area contributed by atoms with E-state index in [1.165, 1.54) is 12.3 Å².